The molecule has 82 valence electrons. The number of para-hydroxylation sites is 1. The average Bonchev–Trinajstić information content (AvgIpc) is 2.30. The highest BCUT2D eigenvalue weighted by Crippen LogP contribution is 2.26. The standard InChI is InChI=1S/C13H19NO/c15-11-4-3-9-14-10-5-7-12-6-1-2-8-13(12)14/h1-2,6,8,15H,3-5,7,9-11H2. The zero-order valence-electron chi connectivity index (χ0n) is 9.15. The zero-order chi connectivity index (χ0) is 10.5. The minimum absolute atomic E-state index is 0.315. The molecule has 2 rings (SSSR count). The lowest BCUT2D eigenvalue weighted by Crippen LogP contribution is -2.30. The summed E-state index contributed by atoms with van der Waals surface area (Å²) >= 11 is 0. The first-order valence-electron chi connectivity index (χ1n) is 5.85. The number of unbranched alkanes of at least 4 members (excludes halogenated alkanes) is 1. The quantitative estimate of drug-likeness (QED) is 0.762. The van der Waals surface area contributed by atoms with Crippen molar-refractivity contribution >= 4 is 5.69 Å². The monoisotopic (exact) mass is 205 g/mol. The van der Waals surface area contributed by atoms with Crippen molar-refractivity contribution in [2.24, 2.45) is 0 Å². The number of rotatable bonds is 4. The maximum absolute atomic E-state index is 8.77. The molecule has 2 heteroatoms. The lowest BCUT2D eigenvalue weighted by molar-refractivity contribution is 0.285. The maximum atomic E-state index is 8.77. The average molecular weight is 205 g/mol. The van der Waals surface area contributed by atoms with Crippen LogP contribution in [0.3, 0.4) is 0 Å². The predicted molar refractivity (Wildman–Crippen MR) is 63.3 cm³/mol. The molecule has 0 atom stereocenters. The minimum atomic E-state index is 0.315. The Bertz CT molecular complexity index is 311. The Kier molecular flexibility index (Phi) is 3.62. The molecule has 2 nitrogen and oxygen atoms in total. The number of fused-ring (bicyclic) bond motifs is 1. The summed E-state index contributed by atoms with van der Waals surface area (Å²) in [6.07, 6.45) is 4.48. The molecule has 0 spiro atoms. The Morgan fingerprint density at radius 3 is 2.93 bits per heavy atom. The van der Waals surface area contributed by atoms with E-state index in [0.29, 0.717) is 6.61 Å². The van der Waals surface area contributed by atoms with E-state index < -0.39 is 0 Å². The molecular formula is C13H19NO. The zero-order valence-corrected chi connectivity index (χ0v) is 9.15. The number of nitrogens with zero attached hydrogens (tertiary/aromatic N) is 1. The van der Waals surface area contributed by atoms with E-state index in [-0.39, 0.29) is 0 Å². The van der Waals surface area contributed by atoms with Crippen LogP contribution in [0.25, 0.3) is 0 Å². The van der Waals surface area contributed by atoms with Crippen LogP contribution in [-0.2, 0) is 6.42 Å². The van der Waals surface area contributed by atoms with E-state index >= 15 is 0 Å². The van der Waals surface area contributed by atoms with Gasteiger partial charge in [-0.15, -0.1) is 0 Å². The van der Waals surface area contributed by atoms with Gasteiger partial charge >= 0.3 is 0 Å². The van der Waals surface area contributed by atoms with Gasteiger partial charge in [-0.25, -0.2) is 0 Å². The largest absolute Gasteiger partial charge is 0.396 e. The summed E-state index contributed by atoms with van der Waals surface area (Å²) in [5, 5.41) is 8.77. The van der Waals surface area contributed by atoms with E-state index in [2.05, 4.69) is 29.2 Å². The van der Waals surface area contributed by atoms with Gasteiger partial charge in [-0.1, -0.05) is 18.2 Å². The summed E-state index contributed by atoms with van der Waals surface area (Å²) in [5.74, 6) is 0. The van der Waals surface area contributed by atoms with Crippen LogP contribution >= 0.6 is 0 Å². The molecule has 0 bridgehead atoms. The van der Waals surface area contributed by atoms with Crippen molar-refractivity contribution in [1.82, 2.24) is 0 Å². The summed E-state index contributed by atoms with van der Waals surface area (Å²) in [6.45, 7) is 2.56. The molecule has 0 amide bonds. The topological polar surface area (TPSA) is 23.5 Å². The molecule has 1 aromatic rings. The predicted octanol–water partition coefficient (Wildman–Crippen LogP) is 2.21. The smallest absolute Gasteiger partial charge is 0.0431 e. The summed E-state index contributed by atoms with van der Waals surface area (Å²) in [6, 6.07) is 8.68. The van der Waals surface area contributed by atoms with Crippen LogP contribution in [0.2, 0.25) is 0 Å². The van der Waals surface area contributed by atoms with Crippen molar-refractivity contribution in [2.75, 3.05) is 24.6 Å². The summed E-state index contributed by atoms with van der Waals surface area (Å²) in [7, 11) is 0. The number of aryl methyl sites for hydroxylation is 1. The molecular weight excluding hydrogens is 186 g/mol. The van der Waals surface area contributed by atoms with Crippen molar-refractivity contribution in [2.45, 2.75) is 25.7 Å². The Labute approximate surface area is 91.5 Å². The first kappa shape index (κ1) is 10.5. The Morgan fingerprint density at radius 1 is 1.20 bits per heavy atom. The van der Waals surface area contributed by atoms with Gasteiger partial charge < -0.3 is 10.0 Å². The minimum Gasteiger partial charge on any atom is -0.396 e. The van der Waals surface area contributed by atoms with Crippen LogP contribution in [0.15, 0.2) is 24.3 Å². The Hall–Kier alpha value is -1.02. The molecule has 0 saturated carbocycles. The van der Waals surface area contributed by atoms with Gasteiger partial charge in [0.1, 0.15) is 0 Å². The normalized spacial score (nSPS) is 15.1. The highest BCUT2D eigenvalue weighted by atomic mass is 16.2. The molecule has 0 radical (unpaired) electrons. The van der Waals surface area contributed by atoms with Gasteiger partial charge in [-0.3, -0.25) is 0 Å². The molecule has 0 saturated heterocycles. The second-order valence-corrected chi connectivity index (χ2v) is 4.15. The lowest BCUT2D eigenvalue weighted by atomic mass is 10.0. The van der Waals surface area contributed by atoms with E-state index in [4.69, 9.17) is 5.11 Å². The van der Waals surface area contributed by atoms with Gasteiger partial charge in [0.05, 0.1) is 0 Å². The lowest BCUT2D eigenvalue weighted by Gasteiger charge is -2.31. The van der Waals surface area contributed by atoms with Crippen molar-refractivity contribution in [1.29, 1.82) is 0 Å². The Morgan fingerprint density at radius 2 is 2.07 bits per heavy atom. The van der Waals surface area contributed by atoms with E-state index in [1.807, 2.05) is 0 Å². The molecule has 15 heavy (non-hydrogen) atoms. The third-order valence-corrected chi connectivity index (χ3v) is 3.04. The van der Waals surface area contributed by atoms with Crippen molar-refractivity contribution in [3.63, 3.8) is 0 Å². The van der Waals surface area contributed by atoms with Crippen LogP contribution in [-0.4, -0.2) is 24.8 Å². The fraction of sp³-hybridized carbons (Fsp3) is 0.538. The van der Waals surface area contributed by atoms with E-state index in [0.717, 1.165) is 19.4 Å². The second kappa shape index (κ2) is 5.17. The number of hydrogen-bond donors (Lipinski definition) is 1. The second-order valence-electron chi connectivity index (χ2n) is 4.15. The Balaban J connectivity index is 2.02. The van der Waals surface area contributed by atoms with Crippen LogP contribution in [0.5, 0.6) is 0 Å². The number of benzene rings is 1. The van der Waals surface area contributed by atoms with E-state index in [1.165, 1.54) is 30.6 Å². The van der Waals surface area contributed by atoms with Crippen molar-refractivity contribution in [3.8, 4) is 0 Å². The van der Waals surface area contributed by atoms with E-state index in [9.17, 15) is 0 Å². The van der Waals surface area contributed by atoms with Gasteiger partial charge in [0, 0.05) is 25.4 Å². The fourth-order valence-corrected chi connectivity index (χ4v) is 2.26. The van der Waals surface area contributed by atoms with Crippen LogP contribution in [0.4, 0.5) is 5.69 Å². The van der Waals surface area contributed by atoms with Crippen LogP contribution < -0.4 is 4.90 Å². The van der Waals surface area contributed by atoms with Gasteiger partial charge in [0.15, 0.2) is 0 Å². The molecule has 0 fully saturated rings. The van der Waals surface area contributed by atoms with Gasteiger partial charge in [0.25, 0.3) is 0 Å². The highest BCUT2D eigenvalue weighted by molar-refractivity contribution is 5.55. The number of aliphatic hydroxyl groups excluding tert-OH is 1. The molecule has 1 aromatic carbocycles. The summed E-state index contributed by atoms with van der Waals surface area (Å²) in [5.41, 5.74) is 2.88. The summed E-state index contributed by atoms with van der Waals surface area (Å²) in [4.78, 5) is 2.45. The van der Waals surface area contributed by atoms with Crippen molar-refractivity contribution in [3.05, 3.63) is 29.8 Å². The molecule has 0 aliphatic carbocycles. The van der Waals surface area contributed by atoms with Crippen LogP contribution in [0, 0.1) is 0 Å². The first-order chi connectivity index (χ1) is 7.42. The van der Waals surface area contributed by atoms with Gasteiger partial charge in [-0.2, -0.15) is 0 Å². The third-order valence-electron chi connectivity index (χ3n) is 3.04. The first-order valence-corrected chi connectivity index (χ1v) is 5.85. The van der Waals surface area contributed by atoms with Crippen LogP contribution in [0.1, 0.15) is 24.8 Å². The fourth-order valence-electron chi connectivity index (χ4n) is 2.26. The van der Waals surface area contributed by atoms with Gasteiger partial charge in [0.2, 0.25) is 0 Å². The number of aliphatic hydroxyl groups is 1. The summed E-state index contributed by atoms with van der Waals surface area (Å²) < 4.78 is 0. The molecule has 0 unspecified atom stereocenters. The van der Waals surface area contributed by atoms with E-state index in [1.54, 1.807) is 0 Å². The molecule has 0 aromatic heterocycles. The maximum Gasteiger partial charge on any atom is 0.0431 e. The molecule has 1 N–H and O–H groups in total. The molecule has 1 heterocycles. The SMILES string of the molecule is OCCCCN1CCCc2ccccc21. The third kappa shape index (κ3) is 2.51. The number of anilines is 1. The highest BCUT2D eigenvalue weighted by Gasteiger charge is 2.14. The van der Waals surface area contributed by atoms with Gasteiger partial charge in [-0.05, 0) is 37.3 Å². The number of hydrogen-bond acceptors (Lipinski definition) is 2. The molecule has 1 aliphatic heterocycles. The van der Waals surface area contributed by atoms with Crippen molar-refractivity contribution < 1.29 is 5.11 Å². The molecule has 1 aliphatic rings.